The number of methoxy groups -OCH3 is 1. The standard InChI is InChI=1S/C24H25NO8/c1-3-31-16-6-5-14(25-11-16)12-32-19-8-13(4-7-18(19)30-2)24-23(29)22(28)21-17(27)9-15(26)10-20(21)33-24/h4-11,22-24,26-29H,3,12H2,1-2H3. The highest BCUT2D eigenvalue weighted by molar-refractivity contribution is 5.53. The van der Waals surface area contributed by atoms with E-state index in [1.54, 1.807) is 36.5 Å². The zero-order chi connectivity index (χ0) is 23.5. The van der Waals surface area contributed by atoms with E-state index in [1.807, 2.05) is 6.92 Å². The number of hydrogen-bond acceptors (Lipinski definition) is 9. The number of aliphatic hydroxyl groups excluding tert-OH is 2. The Morgan fingerprint density at radius 3 is 2.52 bits per heavy atom. The van der Waals surface area contributed by atoms with Crippen molar-refractivity contribution in [3.63, 3.8) is 0 Å². The third kappa shape index (κ3) is 4.59. The first-order valence-electron chi connectivity index (χ1n) is 10.4. The number of hydrogen-bond donors (Lipinski definition) is 4. The highest BCUT2D eigenvalue weighted by Gasteiger charge is 2.39. The molecule has 0 radical (unpaired) electrons. The van der Waals surface area contributed by atoms with Crippen LogP contribution in [0.2, 0.25) is 0 Å². The molecule has 4 N–H and O–H groups in total. The van der Waals surface area contributed by atoms with Crippen molar-refractivity contribution in [2.75, 3.05) is 13.7 Å². The summed E-state index contributed by atoms with van der Waals surface area (Å²) in [6, 6.07) is 10.9. The van der Waals surface area contributed by atoms with Gasteiger partial charge in [0.05, 0.1) is 31.2 Å². The second-order valence-electron chi connectivity index (χ2n) is 7.47. The van der Waals surface area contributed by atoms with Crippen molar-refractivity contribution in [3.05, 3.63) is 65.5 Å². The summed E-state index contributed by atoms with van der Waals surface area (Å²) < 4.78 is 22.5. The highest BCUT2D eigenvalue weighted by Crippen LogP contribution is 2.47. The number of rotatable bonds is 7. The monoisotopic (exact) mass is 455 g/mol. The first-order valence-corrected chi connectivity index (χ1v) is 10.4. The van der Waals surface area contributed by atoms with E-state index in [2.05, 4.69) is 4.98 Å². The molecule has 0 fully saturated rings. The lowest BCUT2D eigenvalue weighted by atomic mass is 9.91. The van der Waals surface area contributed by atoms with Crippen LogP contribution in [0.15, 0.2) is 48.7 Å². The van der Waals surface area contributed by atoms with Crippen LogP contribution in [0.4, 0.5) is 0 Å². The molecule has 2 aromatic carbocycles. The number of aliphatic hydroxyl groups is 2. The van der Waals surface area contributed by atoms with Gasteiger partial charge in [0.15, 0.2) is 17.6 Å². The molecule has 0 amide bonds. The minimum Gasteiger partial charge on any atom is -0.508 e. The fourth-order valence-electron chi connectivity index (χ4n) is 3.68. The first-order chi connectivity index (χ1) is 15.9. The molecule has 0 bridgehead atoms. The summed E-state index contributed by atoms with van der Waals surface area (Å²) in [6.45, 7) is 2.61. The molecule has 3 unspecified atom stereocenters. The number of phenolic OH excluding ortho intramolecular Hbond substituents is 2. The van der Waals surface area contributed by atoms with Gasteiger partial charge in [-0.25, -0.2) is 0 Å². The third-order valence-electron chi connectivity index (χ3n) is 5.29. The van der Waals surface area contributed by atoms with E-state index in [4.69, 9.17) is 18.9 Å². The highest BCUT2D eigenvalue weighted by atomic mass is 16.5. The number of benzene rings is 2. The zero-order valence-corrected chi connectivity index (χ0v) is 18.1. The second kappa shape index (κ2) is 9.43. The number of ether oxygens (including phenoxy) is 4. The molecule has 0 saturated carbocycles. The van der Waals surface area contributed by atoms with Gasteiger partial charge in [-0.05, 0) is 36.8 Å². The number of nitrogens with zero attached hydrogens (tertiary/aromatic N) is 1. The molecule has 2 heterocycles. The predicted molar refractivity (Wildman–Crippen MR) is 117 cm³/mol. The van der Waals surface area contributed by atoms with Gasteiger partial charge in [0, 0.05) is 12.1 Å². The number of fused-ring (bicyclic) bond motifs is 1. The van der Waals surface area contributed by atoms with Crippen molar-refractivity contribution in [2.24, 2.45) is 0 Å². The minimum absolute atomic E-state index is 0.0168. The SMILES string of the molecule is CCOc1ccc(COc2cc(C3Oc4cc(O)cc(O)c4C(O)C3O)ccc2OC)nc1. The van der Waals surface area contributed by atoms with Gasteiger partial charge in [-0.15, -0.1) is 0 Å². The maximum absolute atomic E-state index is 10.7. The topological polar surface area (TPSA) is 131 Å². The number of pyridine rings is 1. The molecular weight excluding hydrogens is 430 g/mol. The van der Waals surface area contributed by atoms with Crippen LogP contribution in [-0.4, -0.2) is 45.2 Å². The Morgan fingerprint density at radius 1 is 1.00 bits per heavy atom. The Kier molecular flexibility index (Phi) is 6.43. The van der Waals surface area contributed by atoms with E-state index in [-0.39, 0.29) is 29.4 Å². The molecule has 9 heteroatoms. The van der Waals surface area contributed by atoms with E-state index in [9.17, 15) is 20.4 Å². The van der Waals surface area contributed by atoms with Crippen LogP contribution in [0.5, 0.6) is 34.5 Å². The van der Waals surface area contributed by atoms with Gasteiger partial charge in [-0.2, -0.15) is 0 Å². The molecule has 174 valence electrons. The molecule has 4 rings (SSSR count). The van der Waals surface area contributed by atoms with Crippen molar-refractivity contribution in [1.29, 1.82) is 0 Å². The predicted octanol–water partition coefficient (Wildman–Crippen LogP) is 3.01. The third-order valence-corrected chi connectivity index (χ3v) is 5.29. The van der Waals surface area contributed by atoms with E-state index >= 15 is 0 Å². The van der Waals surface area contributed by atoms with Gasteiger partial charge in [0.25, 0.3) is 0 Å². The molecule has 3 aromatic rings. The molecule has 1 aliphatic rings. The van der Waals surface area contributed by atoms with E-state index < -0.39 is 18.3 Å². The lowest BCUT2D eigenvalue weighted by molar-refractivity contribution is -0.0711. The van der Waals surface area contributed by atoms with Gasteiger partial charge in [0.1, 0.15) is 41.8 Å². The van der Waals surface area contributed by atoms with Crippen LogP contribution in [0.1, 0.15) is 36.0 Å². The Hall–Kier alpha value is -3.69. The molecule has 1 aromatic heterocycles. The summed E-state index contributed by atoms with van der Waals surface area (Å²) in [5.74, 6) is 1.01. The van der Waals surface area contributed by atoms with Gasteiger partial charge < -0.3 is 39.4 Å². The lowest BCUT2D eigenvalue weighted by Gasteiger charge is -2.35. The van der Waals surface area contributed by atoms with Crippen LogP contribution < -0.4 is 18.9 Å². The number of aromatic nitrogens is 1. The van der Waals surface area contributed by atoms with Gasteiger partial charge >= 0.3 is 0 Å². The van der Waals surface area contributed by atoms with Crippen LogP contribution >= 0.6 is 0 Å². The van der Waals surface area contributed by atoms with Crippen LogP contribution in [0.3, 0.4) is 0 Å². The summed E-state index contributed by atoms with van der Waals surface area (Å²) in [4.78, 5) is 4.31. The summed E-state index contributed by atoms with van der Waals surface area (Å²) in [5, 5.41) is 41.1. The minimum atomic E-state index is -1.42. The molecule has 33 heavy (non-hydrogen) atoms. The second-order valence-corrected chi connectivity index (χ2v) is 7.47. The molecule has 1 aliphatic heterocycles. The molecule has 9 nitrogen and oxygen atoms in total. The molecule has 3 atom stereocenters. The van der Waals surface area contributed by atoms with Gasteiger partial charge in [-0.3, -0.25) is 4.98 Å². The number of phenols is 2. The Morgan fingerprint density at radius 2 is 1.82 bits per heavy atom. The van der Waals surface area contributed by atoms with Gasteiger partial charge in [-0.1, -0.05) is 6.07 Å². The summed E-state index contributed by atoms with van der Waals surface area (Å²) in [5.41, 5.74) is 1.20. The molecular formula is C24H25NO8. The Balaban J connectivity index is 1.58. The van der Waals surface area contributed by atoms with Crippen molar-refractivity contribution in [2.45, 2.75) is 31.8 Å². The maximum atomic E-state index is 10.7. The lowest BCUT2D eigenvalue weighted by Crippen LogP contribution is -2.34. The smallest absolute Gasteiger partial charge is 0.162 e. The zero-order valence-electron chi connectivity index (χ0n) is 18.1. The summed E-state index contributed by atoms with van der Waals surface area (Å²) in [6.07, 6.45) is -2.16. The molecule has 0 saturated heterocycles. The largest absolute Gasteiger partial charge is 0.508 e. The summed E-state index contributed by atoms with van der Waals surface area (Å²) >= 11 is 0. The average molecular weight is 455 g/mol. The van der Waals surface area contributed by atoms with Crippen molar-refractivity contribution in [1.82, 2.24) is 4.98 Å². The Bertz CT molecular complexity index is 1120. The maximum Gasteiger partial charge on any atom is 0.162 e. The fourth-order valence-corrected chi connectivity index (χ4v) is 3.68. The molecule has 0 aliphatic carbocycles. The fraction of sp³-hybridized carbons (Fsp3) is 0.292. The average Bonchev–Trinajstić information content (AvgIpc) is 2.80. The molecule has 0 spiro atoms. The van der Waals surface area contributed by atoms with E-state index in [1.165, 1.54) is 13.2 Å². The first kappa shape index (κ1) is 22.5. The van der Waals surface area contributed by atoms with Gasteiger partial charge in [0.2, 0.25) is 0 Å². The van der Waals surface area contributed by atoms with E-state index in [0.29, 0.717) is 35.1 Å². The normalized spacial score (nSPS) is 19.3. The Labute approximate surface area is 190 Å². The van der Waals surface area contributed by atoms with Crippen molar-refractivity contribution in [3.8, 4) is 34.5 Å². The number of aromatic hydroxyl groups is 2. The van der Waals surface area contributed by atoms with Crippen molar-refractivity contribution < 1.29 is 39.4 Å². The van der Waals surface area contributed by atoms with Crippen LogP contribution in [-0.2, 0) is 6.61 Å². The van der Waals surface area contributed by atoms with Crippen LogP contribution in [0.25, 0.3) is 0 Å². The summed E-state index contributed by atoms with van der Waals surface area (Å²) in [7, 11) is 1.51. The van der Waals surface area contributed by atoms with Crippen LogP contribution in [0, 0.1) is 0 Å². The van der Waals surface area contributed by atoms with E-state index in [0.717, 1.165) is 6.07 Å². The van der Waals surface area contributed by atoms with Crippen molar-refractivity contribution >= 4 is 0 Å². The quantitative estimate of drug-likeness (QED) is 0.425.